The molecule has 1 aliphatic heterocycles. The van der Waals surface area contributed by atoms with Gasteiger partial charge < -0.3 is 16.4 Å². The Labute approximate surface area is 86.1 Å². The van der Waals surface area contributed by atoms with Crippen LogP contribution in [0.25, 0.3) is 0 Å². The third-order valence-electron chi connectivity index (χ3n) is 1.70. The monoisotopic (exact) mass is 227 g/mol. The zero-order chi connectivity index (χ0) is 10.1. The number of likely N-dealkylation sites (tertiary alicyclic amines) is 1. The molecular formula is C6H12ClF2N5. The Balaban J connectivity index is 0.00000169. The highest BCUT2D eigenvalue weighted by atomic mass is 35.5. The standard InChI is InChI=1S/C6H11F2N5.ClH/c7-6(8)1-2-13(3-6)5(11)12-4(9)10;/h1-3H2,(H5,9,10,11,12);1H. The Kier molecular flexibility index (Phi) is 4.06. The van der Waals surface area contributed by atoms with Crippen molar-refractivity contribution in [3.05, 3.63) is 0 Å². The molecule has 1 rings (SSSR count). The van der Waals surface area contributed by atoms with Crippen LogP contribution in [0.4, 0.5) is 8.78 Å². The van der Waals surface area contributed by atoms with Gasteiger partial charge in [0.05, 0.1) is 6.54 Å². The average Bonchev–Trinajstić information content (AvgIpc) is 2.28. The van der Waals surface area contributed by atoms with Gasteiger partial charge in [-0.25, -0.2) is 8.78 Å². The van der Waals surface area contributed by atoms with E-state index < -0.39 is 12.5 Å². The van der Waals surface area contributed by atoms with Crippen molar-refractivity contribution in [1.82, 2.24) is 4.90 Å². The van der Waals surface area contributed by atoms with Crippen LogP contribution in [-0.4, -0.2) is 35.8 Å². The van der Waals surface area contributed by atoms with E-state index in [1.165, 1.54) is 0 Å². The minimum atomic E-state index is -2.73. The number of nitrogens with one attached hydrogen (secondary N) is 1. The Morgan fingerprint density at radius 3 is 2.36 bits per heavy atom. The van der Waals surface area contributed by atoms with Crippen molar-refractivity contribution in [1.29, 1.82) is 5.41 Å². The summed E-state index contributed by atoms with van der Waals surface area (Å²) in [7, 11) is 0. The van der Waals surface area contributed by atoms with Crippen LogP contribution in [0.1, 0.15) is 6.42 Å². The summed E-state index contributed by atoms with van der Waals surface area (Å²) in [4.78, 5) is 4.51. The second-order valence-corrected chi connectivity index (χ2v) is 2.89. The molecule has 14 heavy (non-hydrogen) atoms. The summed E-state index contributed by atoms with van der Waals surface area (Å²) in [5.74, 6) is -3.33. The lowest BCUT2D eigenvalue weighted by Crippen LogP contribution is -2.33. The van der Waals surface area contributed by atoms with E-state index in [0.29, 0.717) is 0 Å². The van der Waals surface area contributed by atoms with Crippen LogP contribution in [0.5, 0.6) is 0 Å². The van der Waals surface area contributed by atoms with Gasteiger partial charge >= 0.3 is 0 Å². The van der Waals surface area contributed by atoms with E-state index in [1.807, 2.05) is 0 Å². The molecule has 1 heterocycles. The highest BCUT2D eigenvalue weighted by molar-refractivity contribution is 5.91. The Bertz CT molecular complexity index is 251. The summed E-state index contributed by atoms with van der Waals surface area (Å²) >= 11 is 0. The number of hydrogen-bond donors (Lipinski definition) is 3. The van der Waals surface area contributed by atoms with Gasteiger partial charge in [0.1, 0.15) is 0 Å². The van der Waals surface area contributed by atoms with Crippen molar-refractivity contribution in [3.8, 4) is 0 Å². The lowest BCUT2D eigenvalue weighted by molar-refractivity contribution is 0.0174. The maximum Gasteiger partial charge on any atom is 0.267 e. The fourth-order valence-corrected chi connectivity index (χ4v) is 1.11. The number of hydrogen-bond acceptors (Lipinski definition) is 1. The first-order valence-electron chi connectivity index (χ1n) is 3.72. The minimum absolute atomic E-state index is 0. The molecular weight excluding hydrogens is 216 g/mol. The first kappa shape index (κ1) is 12.9. The fourth-order valence-electron chi connectivity index (χ4n) is 1.11. The summed E-state index contributed by atoms with van der Waals surface area (Å²) in [6.45, 7) is -0.370. The van der Waals surface area contributed by atoms with Crippen molar-refractivity contribution in [3.63, 3.8) is 0 Å². The number of alkyl halides is 2. The fraction of sp³-hybridized carbons (Fsp3) is 0.667. The minimum Gasteiger partial charge on any atom is -0.370 e. The normalized spacial score (nSPS) is 18.6. The predicted octanol–water partition coefficient (Wildman–Crippen LogP) is -0.0426. The van der Waals surface area contributed by atoms with Gasteiger partial charge in [-0.15, -0.1) is 12.4 Å². The molecule has 0 aromatic rings. The zero-order valence-electron chi connectivity index (χ0n) is 7.33. The van der Waals surface area contributed by atoms with Crippen LogP contribution in [0.15, 0.2) is 4.99 Å². The maximum absolute atomic E-state index is 12.6. The van der Waals surface area contributed by atoms with Crippen molar-refractivity contribution < 1.29 is 8.78 Å². The van der Waals surface area contributed by atoms with Gasteiger partial charge in [-0.1, -0.05) is 0 Å². The molecule has 0 radical (unpaired) electrons. The summed E-state index contributed by atoms with van der Waals surface area (Å²) in [5, 5.41) is 7.24. The summed E-state index contributed by atoms with van der Waals surface area (Å²) < 4.78 is 25.3. The molecule has 0 bridgehead atoms. The predicted molar refractivity (Wildman–Crippen MR) is 51.9 cm³/mol. The van der Waals surface area contributed by atoms with E-state index in [0.717, 1.165) is 4.90 Å². The van der Waals surface area contributed by atoms with E-state index in [2.05, 4.69) is 4.99 Å². The summed E-state index contributed by atoms with van der Waals surface area (Å²) in [6.07, 6.45) is -0.255. The number of guanidine groups is 2. The van der Waals surface area contributed by atoms with Gasteiger partial charge in [0.2, 0.25) is 5.96 Å². The van der Waals surface area contributed by atoms with E-state index >= 15 is 0 Å². The van der Waals surface area contributed by atoms with Crippen molar-refractivity contribution in [2.45, 2.75) is 12.3 Å². The Hall–Kier alpha value is -1.11. The summed E-state index contributed by atoms with van der Waals surface area (Å²) in [6, 6.07) is 0. The summed E-state index contributed by atoms with van der Waals surface area (Å²) in [5.41, 5.74) is 10.0. The first-order valence-corrected chi connectivity index (χ1v) is 3.72. The van der Waals surface area contributed by atoms with Crippen LogP contribution in [-0.2, 0) is 0 Å². The molecule has 1 fully saturated rings. The van der Waals surface area contributed by atoms with E-state index in [1.54, 1.807) is 0 Å². The highest BCUT2D eigenvalue weighted by Gasteiger charge is 2.39. The van der Waals surface area contributed by atoms with Crippen molar-refractivity contribution in [2.24, 2.45) is 16.5 Å². The van der Waals surface area contributed by atoms with Gasteiger partial charge in [0.15, 0.2) is 5.96 Å². The van der Waals surface area contributed by atoms with Crippen LogP contribution in [0.2, 0.25) is 0 Å². The lowest BCUT2D eigenvalue weighted by atomic mass is 10.3. The van der Waals surface area contributed by atoms with Crippen LogP contribution in [0, 0.1) is 5.41 Å². The van der Waals surface area contributed by atoms with Crippen LogP contribution >= 0.6 is 12.4 Å². The zero-order valence-corrected chi connectivity index (χ0v) is 8.15. The number of aliphatic imine (C=N–C) groups is 1. The maximum atomic E-state index is 12.6. The van der Waals surface area contributed by atoms with Crippen LogP contribution in [0.3, 0.4) is 0 Å². The molecule has 0 atom stereocenters. The highest BCUT2D eigenvalue weighted by Crippen LogP contribution is 2.26. The Morgan fingerprint density at radius 2 is 2.00 bits per heavy atom. The second kappa shape index (κ2) is 4.41. The number of halogens is 3. The topological polar surface area (TPSA) is 91.5 Å². The third-order valence-corrected chi connectivity index (χ3v) is 1.70. The average molecular weight is 228 g/mol. The largest absolute Gasteiger partial charge is 0.370 e. The molecule has 1 aliphatic rings. The van der Waals surface area contributed by atoms with Crippen molar-refractivity contribution in [2.75, 3.05) is 13.1 Å². The Morgan fingerprint density at radius 1 is 1.43 bits per heavy atom. The number of nitrogens with zero attached hydrogens (tertiary/aromatic N) is 2. The molecule has 8 heteroatoms. The molecule has 0 unspecified atom stereocenters. The van der Waals surface area contributed by atoms with Gasteiger partial charge in [-0.2, -0.15) is 4.99 Å². The van der Waals surface area contributed by atoms with Gasteiger partial charge in [-0.3, -0.25) is 5.41 Å². The van der Waals surface area contributed by atoms with E-state index in [4.69, 9.17) is 16.9 Å². The number of nitrogens with two attached hydrogens (primary N) is 2. The third kappa shape index (κ3) is 3.33. The van der Waals surface area contributed by atoms with Crippen molar-refractivity contribution >= 4 is 24.3 Å². The van der Waals surface area contributed by atoms with Gasteiger partial charge in [-0.05, 0) is 0 Å². The molecule has 1 saturated heterocycles. The van der Waals surface area contributed by atoms with Gasteiger partial charge in [0, 0.05) is 13.0 Å². The molecule has 5 N–H and O–H groups in total. The van der Waals surface area contributed by atoms with E-state index in [-0.39, 0.29) is 37.3 Å². The quantitative estimate of drug-likeness (QED) is 0.401. The number of rotatable bonds is 0. The smallest absolute Gasteiger partial charge is 0.267 e. The molecule has 0 amide bonds. The molecule has 5 nitrogen and oxygen atoms in total. The molecule has 0 aromatic heterocycles. The van der Waals surface area contributed by atoms with Crippen LogP contribution < -0.4 is 11.5 Å². The molecule has 0 aliphatic carbocycles. The van der Waals surface area contributed by atoms with Gasteiger partial charge in [0.25, 0.3) is 5.92 Å². The molecule has 82 valence electrons. The SMILES string of the molecule is Cl.N=C(N=C(N)N)N1CCC(F)(F)C1. The molecule has 0 spiro atoms. The molecule has 0 aromatic carbocycles. The lowest BCUT2D eigenvalue weighted by Gasteiger charge is -2.14. The first-order chi connectivity index (χ1) is 5.91. The second-order valence-electron chi connectivity index (χ2n) is 2.89. The molecule has 0 saturated carbocycles. The van der Waals surface area contributed by atoms with E-state index in [9.17, 15) is 8.78 Å².